The first-order valence-electron chi connectivity index (χ1n) is 8.07. The van der Waals surface area contributed by atoms with Gasteiger partial charge in [-0.1, -0.05) is 32.4 Å². The van der Waals surface area contributed by atoms with E-state index in [0.717, 1.165) is 12.8 Å². The smallest absolute Gasteiger partial charge is 0.459 e. The van der Waals surface area contributed by atoms with E-state index in [2.05, 4.69) is 11.7 Å². The minimum absolute atomic E-state index is 0.122. The number of hydrogen-bond acceptors (Lipinski definition) is 5. The zero-order valence-electron chi connectivity index (χ0n) is 14.3. The minimum Gasteiger partial charge on any atom is -0.459 e. The highest BCUT2D eigenvalue weighted by molar-refractivity contribution is 5.89. The first-order valence-corrected chi connectivity index (χ1v) is 8.07. The van der Waals surface area contributed by atoms with Crippen LogP contribution in [0.5, 0.6) is 0 Å². The Kier molecular flexibility index (Phi) is 8.16. The zero-order chi connectivity index (χ0) is 17.2. The lowest BCUT2D eigenvalue weighted by Gasteiger charge is -2.20. The monoisotopic (exact) mass is 322 g/mol. The Balaban J connectivity index is 2.47. The van der Waals surface area contributed by atoms with Crippen LogP contribution in [0.4, 0.5) is 4.79 Å². The predicted octanol–water partition coefficient (Wildman–Crippen LogP) is 3.99. The van der Waals surface area contributed by atoms with Crippen LogP contribution in [-0.2, 0) is 20.6 Å². The Hall–Kier alpha value is -2.04. The minimum atomic E-state index is -0.704. The molecule has 0 radical (unpaired) electrons. The van der Waals surface area contributed by atoms with Gasteiger partial charge in [-0.05, 0) is 38.0 Å². The van der Waals surface area contributed by atoms with Crippen LogP contribution in [0.25, 0.3) is 0 Å². The molecule has 0 spiro atoms. The summed E-state index contributed by atoms with van der Waals surface area (Å²) in [5.41, 5.74) is 1.73. The van der Waals surface area contributed by atoms with Gasteiger partial charge < -0.3 is 14.2 Å². The van der Waals surface area contributed by atoms with Crippen LogP contribution in [0.15, 0.2) is 24.3 Å². The van der Waals surface area contributed by atoms with Crippen LogP contribution in [-0.4, -0.2) is 31.4 Å². The Labute approximate surface area is 137 Å². The van der Waals surface area contributed by atoms with Gasteiger partial charge in [0, 0.05) is 5.92 Å². The molecule has 128 valence electrons. The SMILES string of the molecule is CCCc1ccc(C(=O)OC(C)C(C)COC(=O)OCC)cc1. The molecule has 1 aromatic rings. The Bertz CT molecular complexity index is 495. The van der Waals surface area contributed by atoms with E-state index in [4.69, 9.17) is 9.47 Å². The van der Waals surface area contributed by atoms with Crippen molar-refractivity contribution in [2.75, 3.05) is 13.2 Å². The van der Waals surface area contributed by atoms with E-state index >= 15 is 0 Å². The average molecular weight is 322 g/mol. The van der Waals surface area contributed by atoms with E-state index < -0.39 is 6.16 Å². The topological polar surface area (TPSA) is 61.8 Å². The van der Waals surface area contributed by atoms with Gasteiger partial charge in [0.1, 0.15) is 12.7 Å². The third-order valence-electron chi connectivity index (χ3n) is 3.55. The van der Waals surface area contributed by atoms with Gasteiger partial charge in [0.2, 0.25) is 0 Å². The standard InChI is InChI=1S/C18H26O5/c1-5-7-15-8-10-16(11-9-15)17(19)23-14(4)13(3)12-22-18(20)21-6-2/h8-11,13-14H,5-7,12H2,1-4H3. The summed E-state index contributed by atoms with van der Waals surface area (Å²) in [7, 11) is 0. The van der Waals surface area contributed by atoms with Crippen molar-refractivity contribution >= 4 is 12.1 Å². The van der Waals surface area contributed by atoms with Gasteiger partial charge in [-0.25, -0.2) is 9.59 Å². The number of rotatable bonds is 8. The molecule has 0 saturated carbocycles. The molecule has 1 aromatic carbocycles. The first kappa shape index (κ1) is 19.0. The van der Waals surface area contributed by atoms with Crippen molar-refractivity contribution in [2.24, 2.45) is 5.92 Å². The van der Waals surface area contributed by atoms with E-state index in [1.807, 2.05) is 19.1 Å². The predicted molar refractivity (Wildman–Crippen MR) is 87.5 cm³/mol. The summed E-state index contributed by atoms with van der Waals surface area (Å²) in [5.74, 6) is -0.494. The summed E-state index contributed by atoms with van der Waals surface area (Å²) in [6.07, 6.45) is 0.990. The molecule has 0 amide bonds. The summed E-state index contributed by atoms with van der Waals surface area (Å²) < 4.78 is 15.0. The second-order valence-corrected chi connectivity index (χ2v) is 5.53. The molecule has 0 aliphatic rings. The third-order valence-corrected chi connectivity index (χ3v) is 3.55. The lowest BCUT2D eigenvalue weighted by Crippen LogP contribution is -2.26. The number of esters is 1. The van der Waals surface area contributed by atoms with Crippen LogP contribution >= 0.6 is 0 Å². The van der Waals surface area contributed by atoms with Gasteiger partial charge >= 0.3 is 12.1 Å². The molecule has 0 heterocycles. The van der Waals surface area contributed by atoms with E-state index in [-0.39, 0.29) is 31.2 Å². The summed E-state index contributed by atoms with van der Waals surface area (Å²) in [6.45, 7) is 7.86. The molecular weight excluding hydrogens is 296 g/mol. The van der Waals surface area contributed by atoms with Crippen molar-refractivity contribution in [1.29, 1.82) is 0 Å². The van der Waals surface area contributed by atoms with Crippen LogP contribution in [0.3, 0.4) is 0 Å². The maximum absolute atomic E-state index is 12.1. The van der Waals surface area contributed by atoms with Crippen molar-refractivity contribution < 1.29 is 23.8 Å². The fraction of sp³-hybridized carbons (Fsp3) is 0.556. The molecule has 5 nitrogen and oxygen atoms in total. The summed E-state index contributed by atoms with van der Waals surface area (Å²) in [5, 5.41) is 0. The fourth-order valence-electron chi connectivity index (χ4n) is 1.94. The van der Waals surface area contributed by atoms with Gasteiger partial charge in [0.05, 0.1) is 12.2 Å². The number of aryl methyl sites for hydroxylation is 1. The van der Waals surface area contributed by atoms with Gasteiger partial charge in [-0.2, -0.15) is 0 Å². The molecule has 2 atom stereocenters. The lowest BCUT2D eigenvalue weighted by atomic mass is 10.1. The van der Waals surface area contributed by atoms with Crippen molar-refractivity contribution in [3.05, 3.63) is 35.4 Å². The van der Waals surface area contributed by atoms with Crippen molar-refractivity contribution in [1.82, 2.24) is 0 Å². The van der Waals surface area contributed by atoms with E-state index in [1.165, 1.54) is 5.56 Å². The quantitative estimate of drug-likeness (QED) is 0.677. The molecule has 2 unspecified atom stereocenters. The molecular formula is C18H26O5. The molecule has 5 heteroatoms. The maximum Gasteiger partial charge on any atom is 0.508 e. The molecule has 0 aliphatic heterocycles. The second-order valence-electron chi connectivity index (χ2n) is 5.53. The van der Waals surface area contributed by atoms with Gasteiger partial charge in [0.15, 0.2) is 0 Å². The molecule has 0 aromatic heterocycles. The number of carbonyl (C=O) groups is 2. The molecule has 0 saturated heterocycles. The van der Waals surface area contributed by atoms with Crippen LogP contribution in [0.1, 0.15) is 50.0 Å². The third kappa shape index (κ3) is 6.72. The Morgan fingerprint density at radius 2 is 1.70 bits per heavy atom. The normalized spacial score (nSPS) is 13.0. The Morgan fingerprint density at radius 3 is 2.26 bits per heavy atom. The van der Waals surface area contributed by atoms with Crippen molar-refractivity contribution in [3.8, 4) is 0 Å². The van der Waals surface area contributed by atoms with E-state index in [0.29, 0.717) is 5.56 Å². The number of ether oxygens (including phenoxy) is 3. The van der Waals surface area contributed by atoms with Crippen LogP contribution in [0.2, 0.25) is 0 Å². The molecule has 0 bridgehead atoms. The number of benzene rings is 1. The van der Waals surface area contributed by atoms with E-state index in [1.54, 1.807) is 26.0 Å². The second kappa shape index (κ2) is 9.87. The highest BCUT2D eigenvalue weighted by Gasteiger charge is 2.20. The van der Waals surface area contributed by atoms with Crippen molar-refractivity contribution in [3.63, 3.8) is 0 Å². The summed E-state index contributed by atoms with van der Waals surface area (Å²) in [4.78, 5) is 23.3. The fourth-order valence-corrected chi connectivity index (χ4v) is 1.94. The van der Waals surface area contributed by atoms with Crippen molar-refractivity contribution in [2.45, 2.75) is 46.6 Å². The highest BCUT2D eigenvalue weighted by Crippen LogP contribution is 2.13. The lowest BCUT2D eigenvalue weighted by molar-refractivity contribution is 0.00162. The largest absolute Gasteiger partial charge is 0.508 e. The Morgan fingerprint density at radius 1 is 1.04 bits per heavy atom. The summed E-state index contributed by atoms with van der Waals surface area (Å²) >= 11 is 0. The van der Waals surface area contributed by atoms with Crippen LogP contribution in [0, 0.1) is 5.92 Å². The first-order chi connectivity index (χ1) is 11.0. The average Bonchev–Trinajstić information content (AvgIpc) is 2.53. The molecule has 0 N–H and O–H groups in total. The van der Waals surface area contributed by atoms with Crippen LogP contribution < -0.4 is 0 Å². The maximum atomic E-state index is 12.1. The van der Waals surface area contributed by atoms with Gasteiger partial charge in [0.25, 0.3) is 0 Å². The molecule has 23 heavy (non-hydrogen) atoms. The molecule has 0 aliphatic carbocycles. The molecule has 0 fully saturated rings. The highest BCUT2D eigenvalue weighted by atomic mass is 16.7. The molecule has 1 rings (SSSR count). The number of carbonyl (C=O) groups excluding carboxylic acids is 2. The summed E-state index contributed by atoms with van der Waals surface area (Å²) in [6, 6.07) is 7.44. The van der Waals surface area contributed by atoms with E-state index in [9.17, 15) is 9.59 Å². The van der Waals surface area contributed by atoms with Gasteiger partial charge in [-0.15, -0.1) is 0 Å². The van der Waals surface area contributed by atoms with Gasteiger partial charge in [-0.3, -0.25) is 0 Å². The zero-order valence-corrected chi connectivity index (χ0v) is 14.3. The number of hydrogen-bond donors (Lipinski definition) is 0.